The van der Waals surface area contributed by atoms with E-state index in [9.17, 15) is 4.79 Å². The molecule has 0 atom stereocenters. The van der Waals surface area contributed by atoms with Crippen molar-refractivity contribution in [2.45, 2.75) is 6.42 Å². The van der Waals surface area contributed by atoms with Crippen molar-refractivity contribution in [2.75, 3.05) is 0 Å². The van der Waals surface area contributed by atoms with Crippen LogP contribution >= 0.6 is 11.6 Å². The first-order valence-electron chi connectivity index (χ1n) is 8.90. The molecule has 0 spiro atoms. The van der Waals surface area contributed by atoms with Gasteiger partial charge in [-0.25, -0.2) is 0 Å². The van der Waals surface area contributed by atoms with Gasteiger partial charge in [0, 0.05) is 15.8 Å². The SMILES string of the molecule is O=c1cc(Cc2ccccc2)c2ccccc2n2c1cc1cc(Cl)ccc12. The summed E-state index contributed by atoms with van der Waals surface area (Å²) in [6.07, 6.45) is 0.720. The van der Waals surface area contributed by atoms with Gasteiger partial charge >= 0.3 is 0 Å². The minimum atomic E-state index is 0.0180. The summed E-state index contributed by atoms with van der Waals surface area (Å²) < 4.78 is 2.05. The molecule has 0 amide bonds. The van der Waals surface area contributed by atoms with Gasteiger partial charge < -0.3 is 4.40 Å². The fourth-order valence-electron chi connectivity index (χ4n) is 3.84. The number of rotatable bonds is 2. The molecule has 5 rings (SSSR count). The molecule has 0 saturated heterocycles. The van der Waals surface area contributed by atoms with E-state index in [0.29, 0.717) is 10.5 Å². The summed E-state index contributed by atoms with van der Waals surface area (Å²) >= 11 is 6.16. The van der Waals surface area contributed by atoms with Crippen LogP contribution in [0.1, 0.15) is 11.1 Å². The third kappa shape index (κ3) is 2.70. The van der Waals surface area contributed by atoms with Crippen LogP contribution in [-0.4, -0.2) is 4.40 Å². The number of halogens is 1. The molecule has 2 nitrogen and oxygen atoms in total. The van der Waals surface area contributed by atoms with Crippen LogP contribution in [0.2, 0.25) is 5.02 Å². The highest BCUT2D eigenvalue weighted by atomic mass is 35.5. The molecule has 3 heteroatoms. The largest absolute Gasteiger partial charge is 0.306 e. The van der Waals surface area contributed by atoms with Crippen molar-refractivity contribution >= 4 is 38.9 Å². The fraction of sp³-hybridized carbons (Fsp3) is 0.0417. The minimum absolute atomic E-state index is 0.0180. The topological polar surface area (TPSA) is 21.5 Å². The Morgan fingerprint density at radius 2 is 1.52 bits per heavy atom. The molecule has 0 fully saturated rings. The molecule has 130 valence electrons. The van der Waals surface area contributed by atoms with E-state index in [2.05, 4.69) is 28.7 Å². The van der Waals surface area contributed by atoms with Crippen molar-refractivity contribution in [2.24, 2.45) is 0 Å². The lowest BCUT2D eigenvalue weighted by Gasteiger charge is -2.05. The zero-order valence-corrected chi connectivity index (χ0v) is 15.3. The average molecular weight is 370 g/mol. The zero-order chi connectivity index (χ0) is 18.4. The number of nitrogens with zero attached hydrogens (tertiary/aromatic N) is 1. The number of fused-ring (bicyclic) bond motifs is 5. The van der Waals surface area contributed by atoms with Crippen LogP contribution in [0.25, 0.3) is 27.3 Å². The molecule has 2 aromatic heterocycles. The molecule has 0 radical (unpaired) electrons. The molecule has 0 N–H and O–H groups in total. The quantitative estimate of drug-likeness (QED) is 0.382. The molecule has 2 heterocycles. The van der Waals surface area contributed by atoms with E-state index < -0.39 is 0 Å². The molecule has 0 aliphatic carbocycles. The number of benzene rings is 3. The standard InChI is InChI=1S/C24H16ClNO/c25-19-10-11-21-18(13-19)14-23-24(27)15-17(12-16-6-2-1-3-7-16)20-8-4-5-9-22(20)26(21)23/h1-11,13-15H,12H2. The van der Waals surface area contributed by atoms with Gasteiger partial charge in [-0.05, 0) is 53.9 Å². The van der Waals surface area contributed by atoms with Gasteiger partial charge in [-0.2, -0.15) is 0 Å². The monoisotopic (exact) mass is 369 g/mol. The van der Waals surface area contributed by atoms with E-state index in [-0.39, 0.29) is 5.43 Å². The maximum Gasteiger partial charge on any atom is 0.202 e. The normalized spacial score (nSPS) is 11.4. The Kier molecular flexibility index (Phi) is 3.73. The van der Waals surface area contributed by atoms with Gasteiger partial charge in [0.25, 0.3) is 0 Å². The Morgan fingerprint density at radius 3 is 2.37 bits per heavy atom. The van der Waals surface area contributed by atoms with Gasteiger partial charge in [-0.15, -0.1) is 0 Å². The van der Waals surface area contributed by atoms with Crippen LogP contribution < -0.4 is 5.43 Å². The van der Waals surface area contributed by atoms with E-state index in [1.165, 1.54) is 5.56 Å². The Balaban J connectivity index is 1.92. The Bertz CT molecular complexity index is 1370. The first-order chi connectivity index (χ1) is 13.2. The minimum Gasteiger partial charge on any atom is -0.306 e. The summed E-state index contributed by atoms with van der Waals surface area (Å²) in [6.45, 7) is 0. The highest BCUT2D eigenvalue weighted by Crippen LogP contribution is 2.27. The van der Waals surface area contributed by atoms with Crippen LogP contribution in [0.3, 0.4) is 0 Å². The highest BCUT2D eigenvalue weighted by Gasteiger charge is 2.11. The molecule has 0 aliphatic heterocycles. The first-order valence-corrected chi connectivity index (χ1v) is 9.28. The van der Waals surface area contributed by atoms with Gasteiger partial charge in [0.05, 0.1) is 16.6 Å². The van der Waals surface area contributed by atoms with E-state index >= 15 is 0 Å². The van der Waals surface area contributed by atoms with Crippen LogP contribution in [-0.2, 0) is 6.42 Å². The number of hydrogen-bond donors (Lipinski definition) is 0. The third-order valence-corrected chi connectivity index (χ3v) is 5.28. The summed E-state index contributed by atoms with van der Waals surface area (Å²) in [6, 6.07) is 27.9. The molecule has 27 heavy (non-hydrogen) atoms. The summed E-state index contributed by atoms with van der Waals surface area (Å²) in [5, 5.41) is 2.73. The van der Waals surface area contributed by atoms with Crippen LogP contribution in [0.4, 0.5) is 0 Å². The zero-order valence-electron chi connectivity index (χ0n) is 14.5. The van der Waals surface area contributed by atoms with Crippen molar-refractivity contribution in [3.8, 4) is 0 Å². The molecule has 3 aromatic carbocycles. The third-order valence-electron chi connectivity index (χ3n) is 5.05. The van der Waals surface area contributed by atoms with E-state index in [0.717, 1.165) is 33.8 Å². The van der Waals surface area contributed by atoms with Gasteiger partial charge in [-0.1, -0.05) is 60.1 Å². The summed E-state index contributed by atoms with van der Waals surface area (Å²) in [5.41, 5.74) is 4.93. The Labute approximate surface area is 161 Å². The van der Waals surface area contributed by atoms with E-state index in [1.54, 1.807) is 6.07 Å². The smallest absolute Gasteiger partial charge is 0.202 e. The van der Waals surface area contributed by atoms with E-state index in [1.807, 2.05) is 54.6 Å². The van der Waals surface area contributed by atoms with Crippen molar-refractivity contribution in [1.29, 1.82) is 0 Å². The Hall–Kier alpha value is -3.10. The lowest BCUT2D eigenvalue weighted by molar-refractivity contribution is 1.21. The van der Waals surface area contributed by atoms with Gasteiger partial charge in [0.2, 0.25) is 5.43 Å². The first kappa shape index (κ1) is 16.1. The second-order valence-corrected chi connectivity index (χ2v) is 7.22. The predicted octanol–water partition coefficient (Wildman–Crippen LogP) is 5.85. The van der Waals surface area contributed by atoms with Crippen molar-refractivity contribution in [1.82, 2.24) is 4.40 Å². The van der Waals surface area contributed by atoms with Crippen molar-refractivity contribution in [3.63, 3.8) is 0 Å². The summed E-state index contributed by atoms with van der Waals surface area (Å²) in [7, 11) is 0. The summed E-state index contributed by atoms with van der Waals surface area (Å²) in [4.78, 5) is 13.1. The van der Waals surface area contributed by atoms with Crippen molar-refractivity contribution < 1.29 is 0 Å². The average Bonchev–Trinajstić information content (AvgIpc) is 3.02. The maximum absolute atomic E-state index is 13.1. The number of hydrogen-bond acceptors (Lipinski definition) is 1. The molecular weight excluding hydrogens is 354 g/mol. The fourth-order valence-corrected chi connectivity index (χ4v) is 4.02. The molecule has 0 unspecified atom stereocenters. The molecule has 5 aromatic rings. The maximum atomic E-state index is 13.1. The lowest BCUT2D eigenvalue weighted by Crippen LogP contribution is -1.99. The van der Waals surface area contributed by atoms with E-state index in [4.69, 9.17) is 11.6 Å². The summed E-state index contributed by atoms with van der Waals surface area (Å²) in [5.74, 6) is 0. The van der Waals surface area contributed by atoms with Gasteiger partial charge in [-0.3, -0.25) is 4.79 Å². The van der Waals surface area contributed by atoms with Crippen LogP contribution in [0.15, 0.2) is 89.7 Å². The molecular formula is C24H16ClNO. The molecule has 0 aliphatic rings. The Morgan fingerprint density at radius 1 is 0.741 bits per heavy atom. The number of para-hydroxylation sites is 1. The number of aromatic nitrogens is 1. The van der Waals surface area contributed by atoms with Crippen LogP contribution in [0.5, 0.6) is 0 Å². The van der Waals surface area contributed by atoms with Crippen molar-refractivity contribution in [3.05, 3.63) is 111 Å². The van der Waals surface area contributed by atoms with Gasteiger partial charge in [0.15, 0.2) is 0 Å². The lowest BCUT2D eigenvalue weighted by atomic mass is 10.0. The molecule has 0 bridgehead atoms. The second-order valence-electron chi connectivity index (χ2n) is 6.78. The second kappa shape index (κ2) is 6.26. The molecule has 0 saturated carbocycles. The highest BCUT2D eigenvalue weighted by molar-refractivity contribution is 6.31. The van der Waals surface area contributed by atoms with Crippen LogP contribution in [0, 0.1) is 0 Å². The van der Waals surface area contributed by atoms with Gasteiger partial charge in [0.1, 0.15) is 0 Å². The predicted molar refractivity (Wildman–Crippen MR) is 113 cm³/mol.